The highest BCUT2D eigenvalue weighted by Crippen LogP contribution is 2.19. The molecule has 0 aliphatic carbocycles. The van der Waals surface area contributed by atoms with Crippen molar-refractivity contribution in [3.05, 3.63) is 65.5 Å². The fraction of sp³-hybridized carbons (Fsp3) is 0.176. The van der Waals surface area contributed by atoms with Crippen molar-refractivity contribution in [3.63, 3.8) is 0 Å². The Balaban J connectivity index is 1.77. The molecule has 3 rings (SSSR count). The third-order valence-corrected chi connectivity index (χ3v) is 3.66. The molecule has 0 bridgehead atoms. The number of carbonyl (C=O) groups is 2. The number of carbonyl (C=O) groups excluding carboxylic acids is 2. The van der Waals surface area contributed by atoms with Crippen LogP contribution in [0.1, 0.15) is 15.9 Å². The highest BCUT2D eigenvalue weighted by molar-refractivity contribution is 6.04. The molecule has 1 aliphatic rings. The van der Waals surface area contributed by atoms with E-state index in [2.05, 4.69) is 10.6 Å². The van der Waals surface area contributed by atoms with Gasteiger partial charge in [0.2, 0.25) is 0 Å². The summed E-state index contributed by atoms with van der Waals surface area (Å²) < 4.78 is 13.2. The minimum atomic E-state index is -0.459. The van der Waals surface area contributed by atoms with Gasteiger partial charge in [0, 0.05) is 30.9 Å². The van der Waals surface area contributed by atoms with Gasteiger partial charge in [-0.3, -0.25) is 4.79 Å². The van der Waals surface area contributed by atoms with E-state index in [1.54, 1.807) is 23.1 Å². The maximum absolute atomic E-state index is 13.2. The van der Waals surface area contributed by atoms with Gasteiger partial charge in [0.1, 0.15) is 5.82 Å². The van der Waals surface area contributed by atoms with Crippen LogP contribution in [0.25, 0.3) is 0 Å². The molecule has 0 radical (unpaired) electrons. The van der Waals surface area contributed by atoms with Crippen molar-refractivity contribution >= 4 is 17.6 Å². The van der Waals surface area contributed by atoms with E-state index in [0.717, 1.165) is 5.56 Å². The molecule has 0 spiro atoms. The van der Waals surface area contributed by atoms with Crippen molar-refractivity contribution in [2.45, 2.75) is 6.54 Å². The zero-order chi connectivity index (χ0) is 16.2. The maximum atomic E-state index is 13.2. The van der Waals surface area contributed by atoms with Gasteiger partial charge in [-0.2, -0.15) is 0 Å². The van der Waals surface area contributed by atoms with Crippen molar-refractivity contribution < 1.29 is 14.0 Å². The molecule has 2 N–H and O–H groups in total. The van der Waals surface area contributed by atoms with Gasteiger partial charge < -0.3 is 15.5 Å². The van der Waals surface area contributed by atoms with Gasteiger partial charge in [-0.1, -0.05) is 24.3 Å². The molecule has 1 fully saturated rings. The summed E-state index contributed by atoms with van der Waals surface area (Å²) in [6, 6.07) is 12.7. The fourth-order valence-corrected chi connectivity index (χ4v) is 2.47. The van der Waals surface area contributed by atoms with Crippen LogP contribution in [0.3, 0.4) is 0 Å². The molecule has 0 aromatic heterocycles. The largest absolute Gasteiger partial charge is 0.336 e. The standard InChI is InChI=1S/C17H16FN3O2/c18-14-6-3-5-12(10-14)16(22)20-15-7-2-1-4-13(15)11-21-9-8-19-17(21)23/h1-7,10H,8-9,11H2,(H,19,23)(H,20,22). The van der Waals surface area contributed by atoms with E-state index in [4.69, 9.17) is 0 Å². The van der Waals surface area contributed by atoms with Gasteiger partial charge in [0.05, 0.1) is 0 Å². The molecule has 1 heterocycles. The summed E-state index contributed by atoms with van der Waals surface area (Å²) >= 11 is 0. The first kappa shape index (κ1) is 15.0. The minimum absolute atomic E-state index is 0.115. The summed E-state index contributed by atoms with van der Waals surface area (Å²) in [6.07, 6.45) is 0. The molecule has 23 heavy (non-hydrogen) atoms. The van der Waals surface area contributed by atoms with Crippen molar-refractivity contribution in [2.24, 2.45) is 0 Å². The van der Waals surface area contributed by atoms with Gasteiger partial charge in [0.25, 0.3) is 5.91 Å². The Morgan fingerprint density at radius 2 is 2.04 bits per heavy atom. The lowest BCUT2D eigenvalue weighted by Gasteiger charge is -2.17. The zero-order valence-corrected chi connectivity index (χ0v) is 12.4. The van der Waals surface area contributed by atoms with Crippen LogP contribution in [0.4, 0.5) is 14.9 Å². The summed E-state index contributed by atoms with van der Waals surface area (Å²) in [4.78, 5) is 25.6. The van der Waals surface area contributed by atoms with Crippen LogP contribution in [0.2, 0.25) is 0 Å². The van der Waals surface area contributed by atoms with Crippen molar-refractivity contribution in [1.29, 1.82) is 0 Å². The molecule has 3 amide bonds. The lowest BCUT2D eigenvalue weighted by molar-refractivity contribution is 0.102. The lowest BCUT2D eigenvalue weighted by Crippen LogP contribution is -2.28. The Morgan fingerprint density at radius 1 is 1.22 bits per heavy atom. The monoisotopic (exact) mass is 313 g/mol. The molecular weight excluding hydrogens is 297 g/mol. The van der Waals surface area contributed by atoms with Gasteiger partial charge in [-0.25, -0.2) is 9.18 Å². The van der Waals surface area contributed by atoms with Crippen LogP contribution in [0.15, 0.2) is 48.5 Å². The summed E-state index contributed by atoms with van der Waals surface area (Å²) in [5.74, 6) is -0.845. The number of nitrogens with one attached hydrogen (secondary N) is 2. The number of anilines is 1. The number of urea groups is 1. The summed E-state index contributed by atoms with van der Waals surface area (Å²) in [7, 11) is 0. The Kier molecular flexibility index (Phi) is 4.23. The van der Waals surface area contributed by atoms with Gasteiger partial charge in [-0.05, 0) is 29.8 Å². The summed E-state index contributed by atoms with van der Waals surface area (Å²) in [5.41, 5.74) is 1.69. The second kappa shape index (κ2) is 6.48. The van der Waals surface area contributed by atoms with E-state index in [1.165, 1.54) is 18.2 Å². The second-order valence-electron chi connectivity index (χ2n) is 5.28. The molecule has 2 aromatic rings. The van der Waals surface area contributed by atoms with Crippen LogP contribution in [-0.4, -0.2) is 29.9 Å². The number of hydrogen-bond donors (Lipinski definition) is 2. The first-order valence-corrected chi connectivity index (χ1v) is 7.31. The molecule has 0 atom stereocenters. The fourth-order valence-electron chi connectivity index (χ4n) is 2.47. The molecular formula is C17H16FN3O2. The number of benzene rings is 2. The summed E-state index contributed by atoms with van der Waals surface area (Å²) in [6.45, 7) is 1.66. The van der Waals surface area contributed by atoms with E-state index in [1.807, 2.05) is 12.1 Å². The average molecular weight is 313 g/mol. The number of halogens is 1. The van der Waals surface area contributed by atoms with Crippen molar-refractivity contribution in [1.82, 2.24) is 10.2 Å². The number of hydrogen-bond acceptors (Lipinski definition) is 2. The van der Waals surface area contributed by atoms with Gasteiger partial charge in [0.15, 0.2) is 0 Å². The van der Waals surface area contributed by atoms with Crippen LogP contribution in [-0.2, 0) is 6.54 Å². The second-order valence-corrected chi connectivity index (χ2v) is 5.28. The molecule has 6 heteroatoms. The molecule has 5 nitrogen and oxygen atoms in total. The van der Waals surface area contributed by atoms with Gasteiger partial charge in [-0.15, -0.1) is 0 Å². The highest BCUT2D eigenvalue weighted by atomic mass is 19.1. The van der Waals surface area contributed by atoms with E-state index in [9.17, 15) is 14.0 Å². The normalized spacial score (nSPS) is 13.8. The first-order chi connectivity index (χ1) is 11.1. The van der Waals surface area contributed by atoms with Crippen LogP contribution in [0, 0.1) is 5.82 Å². The number of para-hydroxylation sites is 1. The average Bonchev–Trinajstić information content (AvgIpc) is 2.94. The SMILES string of the molecule is O=C(Nc1ccccc1CN1CCNC1=O)c1cccc(F)c1. The third-order valence-electron chi connectivity index (χ3n) is 3.66. The van der Waals surface area contributed by atoms with Gasteiger partial charge >= 0.3 is 6.03 Å². The van der Waals surface area contributed by atoms with Crippen LogP contribution >= 0.6 is 0 Å². The quantitative estimate of drug-likeness (QED) is 0.911. The molecule has 0 saturated carbocycles. The van der Waals surface area contributed by atoms with E-state index >= 15 is 0 Å². The van der Waals surface area contributed by atoms with E-state index in [-0.39, 0.29) is 17.5 Å². The minimum Gasteiger partial charge on any atom is -0.336 e. The Labute approximate surface area is 133 Å². The van der Waals surface area contributed by atoms with Crippen molar-refractivity contribution in [2.75, 3.05) is 18.4 Å². The maximum Gasteiger partial charge on any atom is 0.317 e. The molecule has 118 valence electrons. The Hall–Kier alpha value is -2.89. The molecule has 1 saturated heterocycles. The number of nitrogens with zero attached hydrogens (tertiary/aromatic N) is 1. The first-order valence-electron chi connectivity index (χ1n) is 7.31. The Morgan fingerprint density at radius 3 is 2.78 bits per heavy atom. The Bertz CT molecular complexity index is 748. The lowest BCUT2D eigenvalue weighted by atomic mass is 10.1. The van der Waals surface area contributed by atoms with Crippen molar-refractivity contribution in [3.8, 4) is 0 Å². The van der Waals surface area contributed by atoms with E-state index < -0.39 is 5.82 Å². The topological polar surface area (TPSA) is 61.4 Å². The van der Waals surface area contributed by atoms with Crippen LogP contribution in [0.5, 0.6) is 0 Å². The smallest absolute Gasteiger partial charge is 0.317 e. The predicted molar refractivity (Wildman–Crippen MR) is 84.6 cm³/mol. The van der Waals surface area contributed by atoms with Crippen LogP contribution < -0.4 is 10.6 Å². The summed E-state index contributed by atoms with van der Waals surface area (Å²) in [5, 5.41) is 5.52. The predicted octanol–water partition coefficient (Wildman–Crippen LogP) is 2.60. The third kappa shape index (κ3) is 3.48. The molecule has 0 unspecified atom stereocenters. The highest BCUT2D eigenvalue weighted by Gasteiger charge is 2.20. The molecule has 2 aromatic carbocycles. The number of rotatable bonds is 4. The van der Waals surface area contributed by atoms with E-state index in [0.29, 0.717) is 25.3 Å². The molecule has 1 aliphatic heterocycles. The zero-order valence-electron chi connectivity index (χ0n) is 12.4. The number of amides is 3.